The van der Waals surface area contributed by atoms with E-state index in [-0.39, 0.29) is 12.3 Å². The number of Topliss-reactive ketones (excluding diaryl/α,β-unsaturated/α-hetero) is 1. The SMILES string of the molecule is NC(=O)C(=O)[C@@H](Cc1ccccc1)NC(=O)C1CCCC(=O)N1Cc1ccccc1. The maximum absolute atomic E-state index is 13.1. The van der Waals surface area contributed by atoms with Gasteiger partial charge in [0.15, 0.2) is 0 Å². The smallest absolute Gasteiger partial charge is 0.287 e. The van der Waals surface area contributed by atoms with Crippen molar-refractivity contribution in [3.63, 3.8) is 0 Å². The van der Waals surface area contributed by atoms with E-state index in [1.807, 2.05) is 48.5 Å². The van der Waals surface area contributed by atoms with Crippen molar-refractivity contribution in [1.29, 1.82) is 0 Å². The van der Waals surface area contributed by atoms with Gasteiger partial charge >= 0.3 is 0 Å². The first-order valence-corrected chi connectivity index (χ1v) is 9.97. The van der Waals surface area contributed by atoms with E-state index in [1.165, 1.54) is 0 Å². The molecule has 0 aliphatic carbocycles. The minimum Gasteiger partial charge on any atom is -0.363 e. The number of amides is 3. The Morgan fingerprint density at radius 2 is 1.60 bits per heavy atom. The predicted octanol–water partition coefficient (Wildman–Crippen LogP) is 1.35. The molecule has 0 saturated carbocycles. The van der Waals surface area contributed by atoms with Crippen LogP contribution in [0.4, 0.5) is 0 Å². The van der Waals surface area contributed by atoms with Gasteiger partial charge in [-0.2, -0.15) is 0 Å². The molecule has 0 spiro atoms. The Morgan fingerprint density at radius 1 is 1.00 bits per heavy atom. The molecular formula is C23H25N3O4. The van der Waals surface area contributed by atoms with Crippen molar-refractivity contribution < 1.29 is 19.2 Å². The molecule has 0 aromatic heterocycles. The van der Waals surface area contributed by atoms with Gasteiger partial charge in [0.2, 0.25) is 17.6 Å². The van der Waals surface area contributed by atoms with E-state index in [9.17, 15) is 19.2 Å². The molecule has 3 rings (SSSR count). The number of primary amides is 1. The van der Waals surface area contributed by atoms with Crippen LogP contribution in [0.1, 0.15) is 30.4 Å². The molecule has 7 heteroatoms. The van der Waals surface area contributed by atoms with Gasteiger partial charge in [-0.1, -0.05) is 60.7 Å². The monoisotopic (exact) mass is 407 g/mol. The zero-order valence-corrected chi connectivity index (χ0v) is 16.6. The number of ketones is 1. The number of nitrogens with two attached hydrogens (primary N) is 1. The van der Waals surface area contributed by atoms with Crippen LogP contribution in [0.3, 0.4) is 0 Å². The molecule has 1 saturated heterocycles. The fourth-order valence-electron chi connectivity index (χ4n) is 3.67. The van der Waals surface area contributed by atoms with E-state index in [1.54, 1.807) is 17.0 Å². The first-order chi connectivity index (χ1) is 14.5. The van der Waals surface area contributed by atoms with Crippen molar-refractivity contribution in [2.45, 2.75) is 44.3 Å². The third-order valence-corrected chi connectivity index (χ3v) is 5.22. The number of piperidine rings is 1. The van der Waals surface area contributed by atoms with E-state index >= 15 is 0 Å². The van der Waals surface area contributed by atoms with E-state index in [0.29, 0.717) is 25.8 Å². The number of benzene rings is 2. The second-order valence-electron chi connectivity index (χ2n) is 7.39. The number of nitrogens with zero attached hydrogens (tertiary/aromatic N) is 1. The number of hydrogen-bond acceptors (Lipinski definition) is 4. The molecule has 2 atom stereocenters. The molecule has 3 amide bonds. The van der Waals surface area contributed by atoms with Gasteiger partial charge in [-0.05, 0) is 24.0 Å². The molecule has 0 radical (unpaired) electrons. The lowest BCUT2D eigenvalue weighted by Gasteiger charge is -2.35. The lowest BCUT2D eigenvalue weighted by molar-refractivity contribution is -0.145. The zero-order chi connectivity index (χ0) is 21.5. The van der Waals surface area contributed by atoms with Gasteiger partial charge < -0.3 is 16.0 Å². The van der Waals surface area contributed by atoms with Gasteiger partial charge in [0.1, 0.15) is 12.1 Å². The van der Waals surface area contributed by atoms with Crippen molar-refractivity contribution in [3.8, 4) is 0 Å². The molecular weight excluding hydrogens is 382 g/mol. The average molecular weight is 407 g/mol. The molecule has 1 aliphatic rings. The van der Waals surface area contributed by atoms with Crippen molar-refractivity contribution in [2.75, 3.05) is 0 Å². The summed E-state index contributed by atoms with van der Waals surface area (Å²) in [4.78, 5) is 51.0. The minimum absolute atomic E-state index is 0.105. The lowest BCUT2D eigenvalue weighted by atomic mass is 9.97. The van der Waals surface area contributed by atoms with Crippen LogP contribution >= 0.6 is 0 Å². The highest BCUT2D eigenvalue weighted by molar-refractivity contribution is 6.37. The van der Waals surface area contributed by atoms with Crippen molar-refractivity contribution >= 4 is 23.5 Å². The number of likely N-dealkylation sites (tertiary alicyclic amines) is 1. The van der Waals surface area contributed by atoms with E-state index in [4.69, 9.17) is 5.73 Å². The lowest BCUT2D eigenvalue weighted by Crippen LogP contribution is -2.56. The Labute approximate surface area is 175 Å². The van der Waals surface area contributed by atoms with Crippen molar-refractivity contribution in [3.05, 3.63) is 71.8 Å². The highest BCUT2D eigenvalue weighted by atomic mass is 16.2. The summed E-state index contributed by atoms with van der Waals surface area (Å²) in [6, 6.07) is 16.7. The highest BCUT2D eigenvalue weighted by Crippen LogP contribution is 2.21. The van der Waals surface area contributed by atoms with E-state index in [0.717, 1.165) is 11.1 Å². The Morgan fingerprint density at radius 3 is 2.20 bits per heavy atom. The van der Waals surface area contributed by atoms with Crippen LogP contribution in [-0.2, 0) is 32.1 Å². The van der Waals surface area contributed by atoms with E-state index < -0.39 is 29.7 Å². The summed E-state index contributed by atoms with van der Waals surface area (Å²) in [5, 5.41) is 2.67. The summed E-state index contributed by atoms with van der Waals surface area (Å²) >= 11 is 0. The number of rotatable bonds is 8. The quantitative estimate of drug-likeness (QED) is 0.644. The fraction of sp³-hybridized carbons (Fsp3) is 0.304. The number of carbonyl (C=O) groups is 4. The average Bonchev–Trinajstić information content (AvgIpc) is 2.75. The number of nitrogens with one attached hydrogen (secondary N) is 1. The van der Waals surface area contributed by atoms with Gasteiger partial charge in [-0.25, -0.2) is 0 Å². The van der Waals surface area contributed by atoms with Gasteiger partial charge in [0, 0.05) is 19.4 Å². The van der Waals surface area contributed by atoms with Gasteiger partial charge in [-0.15, -0.1) is 0 Å². The van der Waals surface area contributed by atoms with Gasteiger partial charge in [-0.3, -0.25) is 19.2 Å². The van der Waals surface area contributed by atoms with Crippen LogP contribution in [0, 0.1) is 0 Å². The van der Waals surface area contributed by atoms with Gasteiger partial charge in [0.05, 0.1) is 0 Å². The number of carbonyl (C=O) groups excluding carboxylic acids is 4. The maximum Gasteiger partial charge on any atom is 0.287 e. The third-order valence-electron chi connectivity index (χ3n) is 5.22. The third kappa shape index (κ3) is 5.31. The molecule has 7 nitrogen and oxygen atoms in total. The van der Waals surface area contributed by atoms with Crippen molar-refractivity contribution in [1.82, 2.24) is 10.2 Å². The summed E-state index contributed by atoms with van der Waals surface area (Å²) < 4.78 is 0. The second kappa shape index (κ2) is 9.82. The maximum atomic E-state index is 13.1. The summed E-state index contributed by atoms with van der Waals surface area (Å²) in [6.07, 6.45) is 1.61. The van der Waals surface area contributed by atoms with Crippen LogP contribution in [0.2, 0.25) is 0 Å². The molecule has 1 heterocycles. The summed E-state index contributed by atoms with van der Waals surface area (Å²) in [5.74, 6) is -2.51. The molecule has 30 heavy (non-hydrogen) atoms. The van der Waals surface area contributed by atoms with E-state index in [2.05, 4.69) is 5.32 Å². The summed E-state index contributed by atoms with van der Waals surface area (Å²) in [5.41, 5.74) is 6.90. The van der Waals surface area contributed by atoms with Gasteiger partial charge in [0.25, 0.3) is 5.91 Å². The highest BCUT2D eigenvalue weighted by Gasteiger charge is 2.35. The first kappa shape index (κ1) is 21.2. The molecule has 0 bridgehead atoms. The molecule has 156 valence electrons. The van der Waals surface area contributed by atoms with Crippen LogP contribution in [0.15, 0.2) is 60.7 Å². The largest absolute Gasteiger partial charge is 0.363 e. The first-order valence-electron chi connectivity index (χ1n) is 9.97. The standard InChI is InChI=1S/C23H25N3O4/c24-22(29)21(28)18(14-16-8-3-1-4-9-16)25-23(30)19-12-7-13-20(27)26(19)15-17-10-5-2-6-11-17/h1-6,8-11,18-19H,7,12-15H2,(H2,24,29)(H,25,30)/t18-,19?/m1/s1. The zero-order valence-electron chi connectivity index (χ0n) is 16.6. The minimum atomic E-state index is -1.10. The molecule has 1 unspecified atom stereocenters. The Hall–Kier alpha value is -3.48. The Balaban J connectivity index is 1.77. The van der Waals surface area contributed by atoms with Crippen LogP contribution in [0.5, 0.6) is 0 Å². The molecule has 2 aromatic rings. The Kier molecular flexibility index (Phi) is 6.95. The molecule has 1 fully saturated rings. The summed E-state index contributed by atoms with van der Waals surface area (Å²) in [6.45, 7) is 0.310. The topological polar surface area (TPSA) is 110 Å². The van der Waals surface area contributed by atoms with Crippen LogP contribution < -0.4 is 11.1 Å². The summed E-state index contributed by atoms with van der Waals surface area (Å²) in [7, 11) is 0. The van der Waals surface area contributed by atoms with Crippen LogP contribution in [0.25, 0.3) is 0 Å². The molecule has 1 aliphatic heterocycles. The molecule has 3 N–H and O–H groups in total. The second-order valence-corrected chi connectivity index (χ2v) is 7.39. The van der Waals surface area contributed by atoms with Crippen molar-refractivity contribution in [2.24, 2.45) is 5.73 Å². The van der Waals surface area contributed by atoms with Crippen LogP contribution in [-0.4, -0.2) is 40.5 Å². The Bertz CT molecular complexity index is 915. The predicted molar refractivity (Wildman–Crippen MR) is 111 cm³/mol. The molecule has 2 aromatic carbocycles. The normalized spacial score (nSPS) is 17.3. The fourth-order valence-corrected chi connectivity index (χ4v) is 3.67. The number of hydrogen-bond donors (Lipinski definition) is 2.